The summed E-state index contributed by atoms with van der Waals surface area (Å²) in [4.78, 5) is 8.41. The maximum absolute atomic E-state index is 14.2. The Morgan fingerprint density at radius 2 is 2.12 bits per heavy atom. The van der Waals surface area contributed by atoms with Gasteiger partial charge < -0.3 is 16.2 Å². The first-order valence-corrected chi connectivity index (χ1v) is 9.93. The number of nitrogens with two attached hydrogens (primary N) is 2. The molecule has 0 amide bonds. The Morgan fingerprint density at radius 1 is 1.34 bits per heavy atom. The third kappa shape index (κ3) is 3.56. The highest BCUT2D eigenvalue weighted by atomic mass is 19.1. The van der Waals surface area contributed by atoms with E-state index in [0.717, 1.165) is 0 Å². The monoisotopic (exact) mass is 431 g/mol. The Labute approximate surface area is 184 Å². The van der Waals surface area contributed by atoms with Crippen LogP contribution in [-0.2, 0) is 13.5 Å². The normalized spacial score (nSPS) is 15.9. The van der Waals surface area contributed by atoms with Crippen LogP contribution in [0.1, 0.15) is 35.5 Å². The maximum atomic E-state index is 14.2. The smallest absolute Gasteiger partial charge is 0.166 e. The van der Waals surface area contributed by atoms with E-state index < -0.39 is 11.9 Å². The van der Waals surface area contributed by atoms with Crippen LogP contribution < -0.4 is 16.2 Å². The van der Waals surface area contributed by atoms with Crippen LogP contribution in [0.15, 0.2) is 41.0 Å². The molecule has 4 rings (SSSR count). The predicted octanol–water partition coefficient (Wildman–Crippen LogP) is 3.14. The molecule has 1 aromatic carbocycles. The van der Waals surface area contributed by atoms with Crippen molar-refractivity contribution in [1.29, 1.82) is 5.26 Å². The first kappa shape index (κ1) is 21.1. The lowest BCUT2D eigenvalue weighted by Crippen LogP contribution is -2.14. The Kier molecular flexibility index (Phi) is 5.36. The number of pyridine rings is 1. The van der Waals surface area contributed by atoms with Crippen LogP contribution >= 0.6 is 0 Å². The van der Waals surface area contributed by atoms with Gasteiger partial charge in [0.05, 0.1) is 5.69 Å². The zero-order valence-corrected chi connectivity index (χ0v) is 17.9. The number of aromatic nitrogens is 3. The van der Waals surface area contributed by atoms with Crippen molar-refractivity contribution in [2.75, 3.05) is 12.8 Å². The van der Waals surface area contributed by atoms with Crippen molar-refractivity contribution in [3.05, 3.63) is 64.4 Å². The number of rotatable bonds is 1. The lowest BCUT2D eigenvalue weighted by molar-refractivity contribution is 0.227. The number of hydrogen-bond donors (Lipinski definition) is 2. The van der Waals surface area contributed by atoms with E-state index in [-0.39, 0.29) is 5.82 Å². The minimum atomic E-state index is -0.582. The van der Waals surface area contributed by atoms with Gasteiger partial charge in [-0.2, -0.15) is 10.4 Å². The topological polar surface area (TPSA) is 128 Å². The third-order valence-electron chi connectivity index (χ3n) is 5.43. The summed E-state index contributed by atoms with van der Waals surface area (Å²) in [5, 5.41) is 14.3. The fraction of sp³-hybridized carbons (Fsp3) is 0.217. The molecule has 4 N–H and O–H groups in total. The molecule has 0 fully saturated rings. The number of nitrogens with zero attached hydrogens (tertiary/aromatic N) is 5. The lowest BCUT2D eigenvalue weighted by atomic mass is 9.94. The molecule has 3 aromatic rings. The van der Waals surface area contributed by atoms with E-state index in [9.17, 15) is 9.65 Å². The summed E-state index contributed by atoms with van der Waals surface area (Å²) in [6.07, 6.45) is 2.95. The molecule has 2 bridgehead atoms. The molecule has 0 saturated heterocycles. The van der Waals surface area contributed by atoms with Gasteiger partial charge in [0.2, 0.25) is 0 Å². The molecule has 1 aliphatic rings. The summed E-state index contributed by atoms with van der Waals surface area (Å²) in [6.45, 7) is 1.78. The van der Waals surface area contributed by atoms with E-state index in [1.807, 2.05) is 0 Å². The molecule has 8 nitrogen and oxygen atoms in total. The minimum absolute atomic E-state index is 0.182. The fourth-order valence-corrected chi connectivity index (χ4v) is 3.91. The molecular weight excluding hydrogens is 409 g/mol. The van der Waals surface area contributed by atoms with Crippen LogP contribution in [0.25, 0.3) is 16.8 Å². The zero-order chi connectivity index (χ0) is 23.0. The second-order valence-corrected chi connectivity index (χ2v) is 7.51. The van der Waals surface area contributed by atoms with Gasteiger partial charge in [0.1, 0.15) is 23.7 Å². The number of anilines is 1. The molecule has 0 spiro atoms. The quantitative estimate of drug-likeness (QED) is 0.570. The average molecular weight is 431 g/mol. The summed E-state index contributed by atoms with van der Waals surface area (Å²) in [5.41, 5.74) is 17.2. The number of benzene rings is 1. The number of ether oxygens (including phenoxy) is 1. The van der Waals surface area contributed by atoms with Gasteiger partial charge in [-0.15, -0.1) is 0 Å². The van der Waals surface area contributed by atoms with Crippen LogP contribution in [0.4, 0.5) is 10.2 Å². The molecule has 0 aliphatic carbocycles. The van der Waals surface area contributed by atoms with E-state index in [2.05, 4.69) is 21.1 Å². The van der Waals surface area contributed by atoms with Gasteiger partial charge in [-0.05, 0) is 36.8 Å². The zero-order valence-electron chi connectivity index (χ0n) is 17.9. The first-order chi connectivity index (χ1) is 15.3. The number of aliphatic imine (C=N–C) groups is 1. The van der Waals surface area contributed by atoms with Crippen LogP contribution in [0, 0.1) is 17.1 Å². The first-order valence-electron chi connectivity index (χ1n) is 9.93. The van der Waals surface area contributed by atoms with Crippen molar-refractivity contribution in [2.45, 2.75) is 19.4 Å². The molecule has 2 aromatic heterocycles. The molecule has 9 heteroatoms. The lowest BCUT2D eigenvalue weighted by Gasteiger charge is -2.21. The Hall–Kier alpha value is -4.19. The van der Waals surface area contributed by atoms with Crippen molar-refractivity contribution < 1.29 is 9.13 Å². The van der Waals surface area contributed by atoms with Crippen molar-refractivity contribution in [2.24, 2.45) is 17.8 Å². The third-order valence-corrected chi connectivity index (χ3v) is 5.43. The van der Waals surface area contributed by atoms with Crippen LogP contribution in [0.3, 0.4) is 0 Å². The van der Waals surface area contributed by atoms with E-state index >= 15 is 0 Å². The van der Waals surface area contributed by atoms with Crippen LogP contribution in [0.2, 0.25) is 0 Å². The summed E-state index contributed by atoms with van der Waals surface area (Å²) < 4.78 is 21.8. The molecular formula is C23H22FN7O. The number of fused-ring (bicyclic) bond motifs is 5. The summed E-state index contributed by atoms with van der Waals surface area (Å²) >= 11 is 0. The van der Waals surface area contributed by atoms with Crippen molar-refractivity contribution >= 4 is 17.7 Å². The van der Waals surface area contributed by atoms with Gasteiger partial charge in [-0.3, -0.25) is 9.67 Å². The van der Waals surface area contributed by atoms with Gasteiger partial charge in [0.25, 0.3) is 0 Å². The number of aryl methyl sites for hydroxylation is 1. The van der Waals surface area contributed by atoms with Gasteiger partial charge in [0.15, 0.2) is 11.6 Å². The Morgan fingerprint density at radius 3 is 2.84 bits per heavy atom. The van der Waals surface area contributed by atoms with Crippen molar-refractivity contribution in [1.82, 2.24) is 14.8 Å². The van der Waals surface area contributed by atoms with Crippen LogP contribution in [-0.4, -0.2) is 28.0 Å². The fourth-order valence-electron chi connectivity index (χ4n) is 3.91. The number of nitrogen functional groups attached to an aromatic ring is 1. The summed E-state index contributed by atoms with van der Waals surface area (Å²) in [6, 6.07) is 8.29. The molecule has 0 saturated carbocycles. The van der Waals surface area contributed by atoms with Gasteiger partial charge in [-0.25, -0.2) is 9.37 Å². The highest BCUT2D eigenvalue weighted by molar-refractivity contribution is 5.92. The van der Waals surface area contributed by atoms with Gasteiger partial charge in [-0.1, -0.05) is 0 Å². The van der Waals surface area contributed by atoms with E-state index in [0.29, 0.717) is 57.1 Å². The highest BCUT2D eigenvalue weighted by Crippen LogP contribution is 2.37. The van der Waals surface area contributed by atoms with Gasteiger partial charge >= 0.3 is 0 Å². The number of nitriles is 1. The summed E-state index contributed by atoms with van der Waals surface area (Å²) in [7, 11) is 3.34. The largest absolute Gasteiger partial charge is 0.482 e. The van der Waals surface area contributed by atoms with Gasteiger partial charge in [0, 0.05) is 60.9 Å². The standard InChI is InChI=1S/C23H22FN7O/c1-12-17-8-15(24)4-5-16(17)22(26)14(10-28-2)6-18-21(19(9-25)31(3)30-18)13-7-20(32-12)23(27)29-11-13/h4-5,7-8,10-12H,6,26H2,1-3H3,(H2,27,29)/t12-/m1/s1. The Bertz CT molecular complexity index is 1320. The van der Waals surface area contributed by atoms with Crippen molar-refractivity contribution in [3.8, 4) is 22.9 Å². The molecule has 32 heavy (non-hydrogen) atoms. The number of hydrogen-bond acceptors (Lipinski definition) is 7. The molecule has 3 heterocycles. The average Bonchev–Trinajstić information content (AvgIpc) is 3.08. The van der Waals surface area contributed by atoms with E-state index in [1.54, 1.807) is 45.6 Å². The molecule has 1 atom stereocenters. The second-order valence-electron chi connectivity index (χ2n) is 7.51. The molecule has 162 valence electrons. The SMILES string of the molecule is CN=CC1=C(N)c2ccc(F)cc2[C@@H](C)Oc2cc(cnc2N)-c2c(nn(C)c2C#N)C1. The highest BCUT2D eigenvalue weighted by Gasteiger charge is 2.24. The number of allylic oxidation sites excluding steroid dienone is 1. The molecule has 1 aliphatic heterocycles. The van der Waals surface area contributed by atoms with E-state index in [1.165, 1.54) is 16.8 Å². The molecule has 0 unspecified atom stereocenters. The van der Waals surface area contributed by atoms with Crippen molar-refractivity contribution in [3.63, 3.8) is 0 Å². The number of halogens is 1. The van der Waals surface area contributed by atoms with Crippen LogP contribution in [0.5, 0.6) is 5.75 Å². The Balaban J connectivity index is 2.07. The minimum Gasteiger partial charge on any atom is -0.482 e. The second kappa shape index (κ2) is 8.15. The predicted molar refractivity (Wildman–Crippen MR) is 120 cm³/mol. The maximum Gasteiger partial charge on any atom is 0.166 e. The summed E-state index contributed by atoms with van der Waals surface area (Å²) in [5.74, 6) is 0.0968. The van der Waals surface area contributed by atoms with E-state index in [4.69, 9.17) is 16.2 Å². The molecule has 0 radical (unpaired) electrons.